The Bertz CT molecular complexity index is 1490. The zero-order valence-electron chi connectivity index (χ0n) is 21.8. The van der Waals surface area contributed by atoms with Gasteiger partial charge in [0.25, 0.3) is 0 Å². The van der Waals surface area contributed by atoms with Crippen molar-refractivity contribution in [1.29, 1.82) is 5.26 Å². The van der Waals surface area contributed by atoms with Gasteiger partial charge in [-0.25, -0.2) is 9.97 Å². The fourth-order valence-corrected chi connectivity index (χ4v) is 5.27. The second-order valence-electron chi connectivity index (χ2n) is 8.79. The fourth-order valence-electron chi connectivity index (χ4n) is 4.10. The van der Waals surface area contributed by atoms with Gasteiger partial charge in [-0.15, -0.1) is 11.3 Å². The summed E-state index contributed by atoms with van der Waals surface area (Å²) in [6, 6.07) is 17.0. The van der Waals surface area contributed by atoms with Crippen LogP contribution >= 0.6 is 11.3 Å². The summed E-state index contributed by atoms with van der Waals surface area (Å²) in [4.78, 5) is 11.1. The molecule has 0 aliphatic heterocycles. The van der Waals surface area contributed by atoms with Crippen LogP contribution in [0.1, 0.15) is 18.1 Å². The average Bonchev–Trinajstić information content (AvgIpc) is 3.36. The normalized spacial score (nSPS) is 12.8. The minimum atomic E-state index is -1.01. The van der Waals surface area contributed by atoms with Gasteiger partial charge >= 0.3 is 0 Å². The van der Waals surface area contributed by atoms with Crippen molar-refractivity contribution in [2.24, 2.45) is 5.10 Å². The number of thiophene rings is 1. The maximum atomic E-state index is 9.96. The molecule has 0 bridgehead atoms. The van der Waals surface area contributed by atoms with Crippen LogP contribution in [0.25, 0.3) is 20.7 Å². The van der Waals surface area contributed by atoms with Crippen molar-refractivity contribution in [3.8, 4) is 22.3 Å². The molecule has 0 aliphatic carbocycles. The molecule has 0 fully saturated rings. The molecule has 0 spiro atoms. The van der Waals surface area contributed by atoms with E-state index in [9.17, 15) is 25.7 Å². The van der Waals surface area contributed by atoms with Gasteiger partial charge in [-0.3, -0.25) is 5.43 Å². The number of fused-ring (bicyclic) bond motifs is 1. The molecular weight excluding hydrogens is 532 g/mol. The molecule has 40 heavy (non-hydrogen) atoms. The van der Waals surface area contributed by atoms with Crippen LogP contribution in [-0.2, 0) is 0 Å². The highest BCUT2D eigenvalue weighted by Gasteiger charge is 2.20. The van der Waals surface area contributed by atoms with Crippen molar-refractivity contribution < 1.29 is 25.2 Å². The first-order valence-electron chi connectivity index (χ1n) is 12.6. The first-order chi connectivity index (χ1) is 19.5. The largest absolute Gasteiger partial charge is 0.493 e. The van der Waals surface area contributed by atoms with Crippen LogP contribution in [-0.4, -0.2) is 81.7 Å². The smallest absolute Gasteiger partial charge is 0.167 e. The van der Waals surface area contributed by atoms with E-state index in [1.165, 1.54) is 17.7 Å². The second kappa shape index (κ2) is 13.8. The van der Waals surface area contributed by atoms with Gasteiger partial charge in [0.2, 0.25) is 0 Å². The molecular formula is C28H30N6O5S. The highest BCUT2D eigenvalue weighted by molar-refractivity contribution is 7.23. The third kappa shape index (κ3) is 6.71. The van der Waals surface area contributed by atoms with E-state index in [-0.39, 0.29) is 13.1 Å². The molecule has 0 saturated heterocycles. The van der Waals surface area contributed by atoms with Crippen LogP contribution in [0.4, 0.5) is 11.5 Å². The molecule has 2 aromatic carbocycles. The number of rotatable bonds is 13. The Morgan fingerprint density at radius 3 is 2.55 bits per heavy atom. The Morgan fingerprint density at radius 2 is 1.85 bits per heavy atom. The molecule has 5 N–H and O–H groups in total. The lowest BCUT2D eigenvalue weighted by Crippen LogP contribution is -2.40. The standard InChI is InChI=1S/C28H30N6O5S/c1-2-39-24-9-4-3-8-22(24)26-23(11-29)25-27(40-26)28(31-17-30-25)33-32-12-18-6-5-7-19(10-18)34(13-20(37)15-35)14-21(38)16-36/h3-10,12,17,20-21,35-38H,2,13-16H2,1H3,(H,30,31,33)/b32-12+. The summed E-state index contributed by atoms with van der Waals surface area (Å²) in [5.74, 6) is 1.12. The Kier molecular flexibility index (Phi) is 9.96. The van der Waals surface area contributed by atoms with Crippen LogP contribution in [0.2, 0.25) is 0 Å². The van der Waals surface area contributed by atoms with Crippen molar-refractivity contribution >= 4 is 39.3 Å². The lowest BCUT2D eigenvalue weighted by atomic mass is 10.1. The van der Waals surface area contributed by atoms with E-state index in [2.05, 4.69) is 26.6 Å². The number of benzene rings is 2. The summed E-state index contributed by atoms with van der Waals surface area (Å²) in [5, 5.41) is 52.7. The molecule has 4 aromatic rings. The van der Waals surface area contributed by atoms with E-state index >= 15 is 0 Å². The molecule has 2 atom stereocenters. The highest BCUT2D eigenvalue weighted by atomic mass is 32.1. The summed E-state index contributed by atoms with van der Waals surface area (Å²) >= 11 is 1.38. The first kappa shape index (κ1) is 28.9. The predicted octanol–water partition coefficient (Wildman–Crippen LogP) is 2.59. The van der Waals surface area contributed by atoms with Gasteiger partial charge in [-0.1, -0.05) is 24.3 Å². The number of ether oxygens (including phenoxy) is 1. The number of nitriles is 1. The van der Waals surface area contributed by atoms with Gasteiger partial charge in [0, 0.05) is 24.3 Å². The van der Waals surface area contributed by atoms with Gasteiger partial charge in [0.05, 0.1) is 53.4 Å². The number of nitrogens with zero attached hydrogens (tertiary/aromatic N) is 5. The molecule has 2 aromatic heterocycles. The van der Waals surface area contributed by atoms with Gasteiger partial charge in [0.15, 0.2) is 5.82 Å². The topological polar surface area (TPSA) is 167 Å². The number of para-hydroxylation sites is 1. The van der Waals surface area contributed by atoms with Crippen molar-refractivity contribution in [3.63, 3.8) is 0 Å². The minimum absolute atomic E-state index is 0.0691. The Labute approximate surface area is 235 Å². The molecule has 208 valence electrons. The molecule has 0 radical (unpaired) electrons. The fraction of sp³-hybridized carbons (Fsp3) is 0.286. The van der Waals surface area contributed by atoms with Crippen LogP contribution < -0.4 is 15.1 Å². The third-order valence-corrected chi connectivity index (χ3v) is 7.14. The van der Waals surface area contributed by atoms with Crippen molar-refractivity contribution in [2.75, 3.05) is 43.2 Å². The summed E-state index contributed by atoms with van der Waals surface area (Å²) in [6.07, 6.45) is 0.938. The SMILES string of the molecule is CCOc1ccccc1-c1sc2c(N/N=C/c3cccc(N(CC(O)CO)CC(O)CO)c3)ncnc2c1C#N. The first-order valence-corrected chi connectivity index (χ1v) is 13.4. The number of hydrazone groups is 1. The summed E-state index contributed by atoms with van der Waals surface area (Å²) < 4.78 is 6.45. The number of aliphatic hydroxyl groups is 4. The van der Waals surface area contributed by atoms with E-state index in [0.29, 0.717) is 45.2 Å². The van der Waals surface area contributed by atoms with Crippen LogP contribution in [0.5, 0.6) is 5.75 Å². The lowest BCUT2D eigenvalue weighted by Gasteiger charge is -2.28. The molecule has 2 heterocycles. The number of anilines is 2. The number of hydrogen-bond donors (Lipinski definition) is 5. The monoisotopic (exact) mass is 562 g/mol. The lowest BCUT2D eigenvalue weighted by molar-refractivity contribution is 0.0839. The van der Waals surface area contributed by atoms with Crippen LogP contribution in [0, 0.1) is 11.3 Å². The van der Waals surface area contributed by atoms with E-state index in [1.54, 1.807) is 29.3 Å². The van der Waals surface area contributed by atoms with Gasteiger partial charge < -0.3 is 30.1 Å². The molecule has 0 aliphatic rings. The minimum Gasteiger partial charge on any atom is -0.493 e. The maximum absolute atomic E-state index is 9.96. The van der Waals surface area contributed by atoms with Crippen molar-refractivity contribution in [1.82, 2.24) is 9.97 Å². The average molecular weight is 563 g/mol. The Balaban J connectivity index is 1.61. The van der Waals surface area contributed by atoms with E-state index < -0.39 is 25.4 Å². The molecule has 2 unspecified atom stereocenters. The zero-order chi connectivity index (χ0) is 28.5. The zero-order valence-corrected chi connectivity index (χ0v) is 22.6. The molecule has 0 saturated carbocycles. The molecule has 0 amide bonds. The number of hydrogen-bond acceptors (Lipinski definition) is 12. The number of aromatic nitrogens is 2. The maximum Gasteiger partial charge on any atom is 0.167 e. The van der Waals surface area contributed by atoms with E-state index in [4.69, 9.17) is 4.74 Å². The van der Waals surface area contributed by atoms with Gasteiger partial charge in [0.1, 0.15) is 23.7 Å². The Morgan fingerprint density at radius 1 is 1.10 bits per heavy atom. The van der Waals surface area contributed by atoms with Gasteiger partial charge in [-0.05, 0) is 36.8 Å². The predicted molar refractivity (Wildman–Crippen MR) is 155 cm³/mol. The van der Waals surface area contributed by atoms with Crippen molar-refractivity contribution in [2.45, 2.75) is 19.1 Å². The molecule has 4 rings (SSSR count). The molecule has 11 nitrogen and oxygen atoms in total. The second-order valence-corrected chi connectivity index (χ2v) is 9.81. The van der Waals surface area contributed by atoms with E-state index in [1.807, 2.05) is 37.3 Å². The highest BCUT2D eigenvalue weighted by Crippen LogP contribution is 2.43. The quantitative estimate of drug-likeness (QED) is 0.121. The summed E-state index contributed by atoms with van der Waals surface area (Å²) in [5.41, 5.74) is 6.09. The van der Waals surface area contributed by atoms with Crippen molar-refractivity contribution in [3.05, 3.63) is 66.0 Å². The third-order valence-electron chi connectivity index (χ3n) is 5.92. The number of nitrogens with one attached hydrogen (secondary N) is 1. The number of aliphatic hydroxyl groups excluding tert-OH is 4. The molecule has 12 heteroatoms. The van der Waals surface area contributed by atoms with Gasteiger partial charge in [-0.2, -0.15) is 10.4 Å². The summed E-state index contributed by atoms with van der Waals surface area (Å²) in [6.45, 7) is 1.68. The van der Waals surface area contributed by atoms with Crippen LogP contribution in [0.15, 0.2) is 60.0 Å². The Hall–Kier alpha value is -4.12. The van der Waals surface area contributed by atoms with E-state index in [0.717, 1.165) is 10.4 Å². The summed E-state index contributed by atoms with van der Waals surface area (Å²) in [7, 11) is 0. The van der Waals surface area contributed by atoms with Crippen LogP contribution in [0.3, 0.4) is 0 Å².